The molecule has 0 bridgehead atoms. The lowest BCUT2D eigenvalue weighted by Gasteiger charge is -1.63. The van der Waals surface area contributed by atoms with Crippen molar-refractivity contribution in [3.63, 3.8) is 0 Å². The first-order valence-electron chi connectivity index (χ1n) is 1.56. The van der Waals surface area contributed by atoms with Crippen LogP contribution in [0.5, 0.6) is 0 Å². The highest BCUT2D eigenvalue weighted by atomic mass is 32.2. The molecular weight excluding hydrogens is 164 g/mol. The van der Waals surface area contributed by atoms with E-state index in [1.807, 2.05) is 5.38 Å². The summed E-state index contributed by atoms with van der Waals surface area (Å²) >= 11 is 12.0. The van der Waals surface area contributed by atoms with Gasteiger partial charge in [-0.2, -0.15) is 0 Å². The van der Waals surface area contributed by atoms with Gasteiger partial charge in [-0.15, -0.1) is 35.3 Å². The van der Waals surface area contributed by atoms with E-state index in [0.717, 1.165) is 7.35 Å². The molecule has 1 heterocycles. The topological polar surface area (TPSA) is 0 Å². The van der Waals surface area contributed by atoms with Crippen molar-refractivity contribution in [3.8, 4) is 0 Å². The zero-order chi connectivity index (χ0) is 5.28. The lowest BCUT2D eigenvalue weighted by Crippen LogP contribution is -1.30. The molecule has 0 atom stereocenters. The summed E-state index contributed by atoms with van der Waals surface area (Å²) in [6.45, 7) is 0. The number of rotatable bonds is 0. The normalized spacial score (nSPS) is 9.29. The average molecular weight is 166 g/mol. The molecule has 0 saturated heterocycles. The van der Waals surface area contributed by atoms with Crippen molar-refractivity contribution >= 4 is 47.5 Å². The minimum atomic E-state index is 0.949. The Labute approximate surface area is 60.2 Å². The quantitative estimate of drug-likeness (QED) is 0.457. The Kier molecular flexibility index (Phi) is 1.86. The van der Waals surface area contributed by atoms with E-state index in [1.165, 1.54) is 0 Å². The Balaban J connectivity index is 3.30. The second-order valence-electron chi connectivity index (χ2n) is 0.926. The lowest BCUT2D eigenvalue weighted by atomic mass is 11.1. The Morgan fingerprint density at radius 3 is 2.57 bits per heavy atom. The molecule has 0 amide bonds. The van der Waals surface area contributed by atoms with Gasteiger partial charge in [0.05, 0.1) is 4.21 Å². The van der Waals surface area contributed by atoms with Gasteiger partial charge in [0.25, 0.3) is 0 Å². The number of thiol groups is 1. The standard InChI is InChI=1S/C3H2S4/c4-2-1-6-3(5)7-2/h1,4H. The minimum Gasteiger partial charge on any atom is -0.132 e. The molecule has 1 rings (SSSR count). The van der Waals surface area contributed by atoms with Crippen LogP contribution in [0.4, 0.5) is 0 Å². The highest BCUT2D eigenvalue weighted by Gasteiger charge is 1.83. The van der Waals surface area contributed by atoms with E-state index in [-0.39, 0.29) is 0 Å². The van der Waals surface area contributed by atoms with Gasteiger partial charge in [0.1, 0.15) is 3.14 Å². The summed E-state index contributed by atoms with van der Waals surface area (Å²) < 4.78 is 1.96. The van der Waals surface area contributed by atoms with Gasteiger partial charge in [-0.25, -0.2) is 0 Å². The van der Waals surface area contributed by atoms with Crippen molar-refractivity contribution in [1.82, 2.24) is 0 Å². The SMILES string of the molecule is S=c1scc(S)s1. The monoisotopic (exact) mass is 166 g/mol. The minimum absolute atomic E-state index is 0.949. The molecule has 0 fully saturated rings. The number of hydrogen-bond donors (Lipinski definition) is 1. The molecule has 7 heavy (non-hydrogen) atoms. The molecular formula is C3H2S4. The van der Waals surface area contributed by atoms with Crippen LogP contribution in [-0.2, 0) is 0 Å². The molecule has 0 N–H and O–H groups in total. The summed E-state index contributed by atoms with van der Waals surface area (Å²) in [5, 5.41) is 1.94. The molecule has 0 saturated carbocycles. The van der Waals surface area contributed by atoms with Crippen molar-refractivity contribution in [2.75, 3.05) is 0 Å². The second kappa shape index (κ2) is 2.26. The largest absolute Gasteiger partial charge is 0.144 e. The van der Waals surface area contributed by atoms with Gasteiger partial charge in [-0.3, -0.25) is 0 Å². The van der Waals surface area contributed by atoms with E-state index < -0.39 is 0 Å². The van der Waals surface area contributed by atoms with E-state index in [4.69, 9.17) is 12.2 Å². The van der Waals surface area contributed by atoms with Gasteiger partial charge in [0.2, 0.25) is 0 Å². The molecule has 0 nitrogen and oxygen atoms in total. The van der Waals surface area contributed by atoms with E-state index in [9.17, 15) is 0 Å². The first-order chi connectivity index (χ1) is 3.29. The molecule has 0 radical (unpaired) electrons. The van der Waals surface area contributed by atoms with E-state index in [1.54, 1.807) is 22.7 Å². The molecule has 38 valence electrons. The van der Waals surface area contributed by atoms with Crippen molar-refractivity contribution < 1.29 is 0 Å². The van der Waals surface area contributed by atoms with Crippen molar-refractivity contribution in [2.24, 2.45) is 0 Å². The van der Waals surface area contributed by atoms with E-state index in [2.05, 4.69) is 12.6 Å². The second-order valence-corrected chi connectivity index (χ2v) is 4.83. The van der Waals surface area contributed by atoms with Gasteiger partial charge in [-0.1, -0.05) is 12.2 Å². The predicted molar refractivity (Wildman–Crippen MR) is 40.3 cm³/mol. The van der Waals surface area contributed by atoms with Crippen LogP contribution in [-0.4, -0.2) is 0 Å². The van der Waals surface area contributed by atoms with Gasteiger partial charge in [-0.05, 0) is 0 Å². The Hall–Kier alpha value is 0.620. The van der Waals surface area contributed by atoms with Crippen LogP contribution in [0.25, 0.3) is 0 Å². The fraction of sp³-hybridized carbons (Fsp3) is 0. The maximum absolute atomic E-state index is 4.82. The molecule has 0 aliphatic rings. The Morgan fingerprint density at radius 1 is 1.71 bits per heavy atom. The van der Waals surface area contributed by atoms with Crippen LogP contribution < -0.4 is 0 Å². The number of hydrogen-bond acceptors (Lipinski definition) is 4. The molecule has 0 unspecified atom stereocenters. The zero-order valence-electron chi connectivity index (χ0n) is 3.25. The fourth-order valence-electron chi connectivity index (χ4n) is 0.232. The van der Waals surface area contributed by atoms with E-state index in [0.29, 0.717) is 0 Å². The maximum Gasteiger partial charge on any atom is 0.144 e. The fourth-order valence-corrected chi connectivity index (χ4v) is 2.76. The van der Waals surface area contributed by atoms with Crippen LogP contribution >= 0.6 is 47.5 Å². The highest BCUT2D eigenvalue weighted by molar-refractivity contribution is 7.84. The van der Waals surface area contributed by atoms with Crippen molar-refractivity contribution in [1.29, 1.82) is 0 Å². The predicted octanol–water partition coefficient (Wildman–Crippen LogP) is 2.83. The first kappa shape index (κ1) is 5.75. The van der Waals surface area contributed by atoms with Crippen LogP contribution in [0.2, 0.25) is 0 Å². The van der Waals surface area contributed by atoms with Crippen molar-refractivity contribution in [3.05, 3.63) is 8.52 Å². The average Bonchev–Trinajstić information content (AvgIpc) is 1.87. The lowest BCUT2D eigenvalue weighted by molar-refractivity contribution is 1.86. The molecule has 0 aliphatic carbocycles. The van der Waals surface area contributed by atoms with Crippen LogP contribution in [0, 0.1) is 3.14 Å². The van der Waals surface area contributed by atoms with Gasteiger partial charge < -0.3 is 0 Å². The maximum atomic E-state index is 4.82. The summed E-state index contributed by atoms with van der Waals surface area (Å²) in [5.74, 6) is 0. The molecule has 0 aromatic carbocycles. The third-order valence-electron chi connectivity index (χ3n) is 0.444. The summed E-state index contributed by atoms with van der Waals surface area (Å²) in [6.07, 6.45) is 0. The van der Waals surface area contributed by atoms with Crippen LogP contribution in [0.15, 0.2) is 9.59 Å². The molecule has 1 aromatic heterocycles. The van der Waals surface area contributed by atoms with E-state index >= 15 is 0 Å². The highest BCUT2D eigenvalue weighted by Crippen LogP contribution is 2.19. The summed E-state index contributed by atoms with van der Waals surface area (Å²) in [5.41, 5.74) is 0. The van der Waals surface area contributed by atoms with Gasteiger partial charge in [0, 0.05) is 5.38 Å². The Bertz CT molecular complexity index is 195. The first-order valence-corrected chi connectivity index (χ1v) is 4.12. The third kappa shape index (κ3) is 1.53. The summed E-state index contributed by atoms with van der Waals surface area (Å²) in [4.78, 5) is 0. The molecule has 0 spiro atoms. The Morgan fingerprint density at radius 2 is 2.43 bits per heavy atom. The summed E-state index contributed by atoms with van der Waals surface area (Å²) in [6, 6.07) is 0. The zero-order valence-corrected chi connectivity index (χ0v) is 6.59. The van der Waals surface area contributed by atoms with Crippen molar-refractivity contribution in [2.45, 2.75) is 4.21 Å². The molecule has 4 heteroatoms. The molecule has 0 aliphatic heterocycles. The summed E-state index contributed by atoms with van der Waals surface area (Å²) in [7, 11) is 0. The van der Waals surface area contributed by atoms with Crippen LogP contribution in [0.3, 0.4) is 0 Å². The van der Waals surface area contributed by atoms with Gasteiger partial charge >= 0.3 is 0 Å². The van der Waals surface area contributed by atoms with Crippen LogP contribution in [0.1, 0.15) is 0 Å². The molecule has 1 aromatic rings. The van der Waals surface area contributed by atoms with Gasteiger partial charge in [0.15, 0.2) is 0 Å². The smallest absolute Gasteiger partial charge is 0.132 e. The third-order valence-corrected chi connectivity index (χ3v) is 3.29.